The molecule has 0 aliphatic carbocycles. The van der Waals surface area contributed by atoms with Gasteiger partial charge in [0.2, 0.25) is 0 Å². The zero-order chi connectivity index (χ0) is 12.3. The summed E-state index contributed by atoms with van der Waals surface area (Å²) >= 11 is 1.83. The van der Waals surface area contributed by atoms with Crippen molar-refractivity contribution in [3.63, 3.8) is 0 Å². The summed E-state index contributed by atoms with van der Waals surface area (Å²) in [5.41, 5.74) is 5.49. The Bertz CT molecular complexity index is 384. The van der Waals surface area contributed by atoms with E-state index in [1.807, 2.05) is 22.6 Å². The molecule has 1 aromatic heterocycles. The molecular formula is C8H8F3IN2O2. The Balaban J connectivity index is 3.19. The number of nitrogens with two attached hydrogens (primary N) is 1. The molecule has 0 unspecified atom stereocenters. The van der Waals surface area contributed by atoms with Crippen LogP contribution in [0, 0.1) is 3.70 Å². The Morgan fingerprint density at radius 2 is 2.12 bits per heavy atom. The highest BCUT2D eigenvalue weighted by Crippen LogP contribution is 2.33. The van der Waals surface area contributed by atoms with Gasteiger partial charge in [-0.05, 0) is 22.6 Å². The highest BCUT2D eigenvalue weighted by molar-refractivity contribution is 14.1. The minimum absolute atomic E-state index is 0.132. The SMILES string of the molecule is COc1c(I)ncc(OC(F)(F)F)c1CN. The van der Waals surface area contributed by atoms with E-state index < -0.39 is 12.1 Å². The second kappa shape index (κ2) is 5.04. The molecule has 0 radical (unpaired) electrons. The molecule has 0 fully saturated rings. The van der Waals surface area contributed by atoms with Crippen molar-refractivity contribution in [2.24, 2.45) is 5.73 Å². The maximum atomic E-state index is 12.1. The quantitative estimate of drug-likeness (QED) is 0.671. The van der Waals surface area contributed by atoms with Crippen LogP contribution in [-0.4, -0.2) is 18.5 Å². The molecule has 90 valence electrons. The van der Waals surface area contributed by atoms with Crippen LogP contribution in [0.3, 0.4) is 0 Å². The summed E-state index contributed by atoms with van der Waals surface area (Å²) in [5.74, 6) is -0.239. The second-order valence-corrected chi connectivity index (χ2v) is 3.70. The molecule has 1 aromatic rings. The van der Waals surface area contributed by atoms with E-state index >= 15 is 0 Å². The topological polar surface area (TPSA) is 57.4 Å². The summed E-state index contributed by atoms with van der Waals surface area (Å²) in [6.07, 6.45) is -3.80. The molecule has 1 rings (SSSR count). The van der Waals surface area contributed by atoms with Crippen LogP contribution in [0.15, 0.2) is 6.20 Å². The van der Waals surface area contributed by atoms with Gasteiger partial charge >= 0.3 is 6.36 Å². The van der Waals surface area contributed by atoms with Gasteiger partial charge in [-0.1, -0.05) is 0 Å². The van der Waals surface area contributed by atoms with Gasteiger partial charge in [-0.25, -0.2) is 4.98 Å². The standard InChI is InChI=1S/C8H8F3IN2O2/c1-15-6-4(2-13)5(3-14-7(6)12)16-8(9,10)11/h3H,2,13H2,1H3. The Morgan fingerprint density at radius 1 is 1.50 bits per heavy atom. The fourth-order valence-corrected chi connectivity index (χ4v) is 1.79. The van der Waals surface area contributed by atoms with E-state index in [0.717, 1.165) is 6.20 Å². The smallest absolute Gasteiger partial charge is 0.494 e. The molecule has 0 aliphatic heterocycles. The molecule has 0 saturated carbocycles. The fraction of sp³-hybridized carbons (Fsp3) is 0.375. The third kappa shape index (κ3) is 3.11. The minimum Gasteiger partial charge on any atom is -0.494 e. The van der Waals surface area contributed by atoms with Gasteiger partial charge in [0.1, 0.15) is 3.70 Å². The molecule has 0 saturated heterocycles. The van der Waals surface area contributed by atoms with Crippen molar-refractivity contribution in [3.05, 3.63) is 15.5 Å². The number of rotatable bonds is 3. The van der Waals surface area contributed by atoms with Crippen molar-refractivity contribution < 1.29 is 22.6 Å². The minimum atomic E-state index is -4.77. The lowest BCUT2D eigenvalue weighted by molar-refractivity contribution is -0.275. The third-order valence-electron chi connectivity index (χ3n) is 1.69. The number of nitrogens with zero attached hydrogens (tertiary/aromatic N) is 1. The molecule has 1 heterocycles. The van der Waals surface area contributed by atoms with Crippen LogP contribution in [0.1, 0.15) is 5.56 Å². The summed E-state index contributed by atoms with van der Waals surface area (Å²) in [6, 6.07) is 0. The van der Waals surface area contributed by atoms with Gasteiger partial charge in [-0.3, -0.25) is 0 Å². The van der Waals surface area contributed by atoms with Crippen LogP contribution in [0.4, 0.5) is 13.2 Å². The van der Waals surface area contributed by atoms with Crippen LogP contribution in [0.25, 0.3) is 0 Å². The maximum Gasteiger partial charge on any atom is 0.573 e. The van der Waals surface area contributed by atoms with Gasteiger partial charge in [0.15, 0.2) is 11.5 Å². The number of aromatic nitrogens is 1. The van der Waals surface area contributed by atoms with Gasteiger partial charge in [0.25, 0.3) is 0 Å². The average Bonchev–Trinajstić information content (AvgIpc) is 2.18. The van der Waals surface area contributed by atoms with Crippen molar-refractivity contribution in [1.29, 1.82) is 0 Å². The molecule has 8 heteroatoms. The number of alkyl halides is 3. The molecular weight excluding hydrogens is 340 g/mol. The lowest BCUT2D eigenvalue weighted by Crippen LogP contribution is -2.19. The normalized spacial score (nSPS) is 11.4. The summed E-state index contributed by atoms with van der Waals surface area (Å²) in [4.78, 5) is 3.72. The summed E-state index contributed by atoms with van der Waals surface area (Å²) in [7, 11) is 1.33. The van der Waals surface area contributed by atoms with Gasteiger partial charge in [0, 0.05) is 6.54 Å². The number of halogens is 4. The van der Waals surface area contributed by atoms with Gasteiger partial charge < -0.3 is 15.2 Å². The fourth-order valence-electron chi connectivity index (χ4n) is 1.10. The molecule has 0 aromatic carbocycles. The zero-order valence-electron chi connectivity index (χ0n) is 8.14. The van der Waals surface area contributed by atoms with E-state index in [4.69, 9.17) is 10.5 Å². The third-order valence-corrected chi connectivity index (χ3v) is 2.46. The number of pyridine rings is 1. The van der Waals surface area contributed by atoms with Crippen molar-refractivity contribution in [2.45, 2.75) is 12.9 Å². The van der Waals surface area contributed by atoms with E-state index in [1.54, 1.807) is 0 Å². The predicted molar refractivity (Wildman–Crippen MR) is 58.1 cm³/mol. The van der Waals surface area contributed by atoms with Crippen molar-refractivity contribution in [1.82, 2.24) is 4.98 Å². The Kier molecular flexibility index (Phi) is 4.19. The van der Waals surface area contributed by atoms with Crippen LogP contribution in [0.2, 0.25) is 0 Å². The monoisotopic (exact) mass is 348 g/mol. The molecule has 0 spiro atoms. The summed E-state index contributed by atoms with van der Waals surface area (Å²) < 4.78 is 45.3. The number of ether oxygens (including phenoxy) is 2. The molecule has 0 aliphatic rings. The van der Waals surface area contributed by atoms with Gasteiger partial charge in [-0.15, -0.1) is 13.2 Å². The number of methoxy groups -OCH3 is 1. The Labute approximate surface area is 103 Å². The van der Waals surface area contributed by atoms with E-state index in [1.165, 1.54) is 7.11 Å². The highest BCUT2D eigenvalue weighted by Gasteiger charge is 2.33. The first-order valence-corrected chi connectivity index (χ1v) is 5.14. The van der Waals surface area contributed by atoms with Crippen LogP contribution in [-0.2, 0) is 6.54 Å². The van der Waals surface area contributed by atoms with Gasteiger partial charge in [0.05, 0.1) is 18.9 Å². The van der Waals surface area contributed by atoms with Crippen molar-refractivity contribution in [3.8, 4) is 11.5 Å². The van der Waals surface area contributed by atoms with Crippen LogP contribution < -0.4 is 15.2 Å². The van der Waals surface area contributed by atoms with Crippen molar-refractivity contribution in [2.75, 3.05) is 7.11 Å². The highest BCUT2D eigenvalue weighted by atomic mass is 127. The van der Waals surface area contributed by atoms with Crippen LogP contribution >= 0.6 is 22.6 Å². The first kappa shape index (κ1) is 13.3. The largest absolute Gasteiger partial charge is 0.573 e. The van der Waals surface area contributed by atoms with E-state index in [0.29, 0.717) is 3.70 Å². The molecule has 2 N–H and O–H groups in total. The lowest BCUT2D eigenvalue weighted by Gasteiger charge is -2.15. The zero-order valence-corrected chi connectivity index (χ0v) is 10.3. The average molecular weight is 348 g/mol. The first-order valence-electron chi connectivity index (χ1n) is 4.06. The lowest BCUT2D eigenvalue weighted by atomic mass is 10.2. The summed E-state index contributed by atoms with van der Waals surface area (Å²) in [5, 5.41) is 0. The van der Waals surface area contributed by atoms with E-state index in [9.17, 15) is 13.2 Å². The first-order chi connectivity index (χ1) is 7.39. The van der Waals surface area contributed by atoms with E-state index in [-0.39, 0.29) is 17.9 Å². The maximum absolute atomic E-state index is 12.1. The molecule has 0 amide bonds. The molecule has 16 heavy (non-hydrogen) atoms. The molecule has 0 bridgehead atoms. The number of hydrogen-bond donors (Lipinski definition) is 1. The van der Waals surface area contributed by atoms with Crippen LogP contribution in [0.5, 0.6) is 11.5 Å². The Morgan fingerprint density at radius 3 is 2.56 bits per heavy atom. The summed E-state index contributed by atoms with van der Waals surface area (Å²) in [6.45, 7) is -0.132. The Hall–Kier alpha value is -0.770. The molecule has 0 atom stereocenters. The number of hydrogen-bond acceptors (Lipinski definition) is 4. The van der Waals surface area contributed by atoms with Gasteiger partial charge in [-0.2, -0.15) is 0 Å². The van der Waals surface area contributed by atoms with Crippen molar-refractivity contribution >= 4 is 22.6 Å². The predicted octanol–water partition coefficient (Wildman–Crippen LogP) is 2.05. The second-order valence-electron chi connectivity index (χ2n) is 2.68. The van der Waals surface area contributed by atoms with E-state index in [2.05, 4.69) is 9.72 Å². The molecule has 4 nitrogen and oxygen atoms in total.